The molecule has 3 aromatic heterocycles. The van der Waals surface area contributed by atoms with Crippen LogP contribution in [-0.2, 0) is 6.54 Å². The van der Waals surface area contributed by atoms with Crippen LogP contribution in [0.25, 0.3) is 21.8 Å². The Kier molecular flexibility index (Phi) is 5.34. The van der Waals surface area contributed by atoms with Crippen molar-refractivity contribution in [1.29, 1.82) is 0 Å². The number of pyridine rings is 1. The third kappa shape index (κ3) is 3.88. The van der Waals surface area contributed by atoms with E-state index in [0.717, 1.165) is 23.1 Å². The zero-order valence-electron chi connectivity index (χ0n) is 15.3. The summed E-state index contributed by atoms with van der Waals surface area (Å²) in [5.41, 5.74) is 4.17. The highest BCUT2D eigenvalue weighted by Crippen LogP contribution is 2.27. The Hall–Kier alpha value is -3.15. The number of anilines is 2. The van der Waals surface area contributed by atoms with Crippen molar-refractivity contribution in [2.24, 2.45) is 0 Å². The summed E-state index contributed by atoms with van der Waals surface area (Å²) >= 11 is 6.04. The van der Waals surface area contributed by atoms with E-state index in [-0.39, 0.29) is 12.4 Å². The topological polar surface area (TPSA) is 55.6 Å². The molecule has 0 saturated carbocycles. The standard InChI is InChI=1S/C22H16ClN5.ClH/c23-21-11-18-19(12-24-21)25-14-26-22(18)27-17-6-7-20-16(10-17)8-9-28(20)13-15-4-2-1-3-5-15;/h1-12,14H,13H2,(H,25,26,27);1H. The van der Waals surface area contributed by atoms with Crippen molar-refractivity contribution in [3.8, 4) is 0 Å². The van der Waals surface area contributed by atoms with Crippen LogP contribution in [-0.4, -0.2) is 19.5 Å². The molecule has 0 aliphatic carbocycles. The van der Waals surface area contributed by atoms with Gasteiger partial charge in [-0.05, 0) is 35.9 Å². The van der Waals surface area contributed by atoms with E-state index in [2.05, 4.69) is 79.6 Å². The van der Waals surface area contributed by atoms with E-state index in [1.807, 2.05) is 6.07 Å². The smallest absolute Gasteiger partial charge is 0.141 e. The van der Waals surface area contributed by atoms with Crippen molar-refractivity contribution in [3.05, 3.63) is 90.1 Å². The highest BCUT2D eigenvalue weighted by atomic mass is 35.5. The van der Waals surface area contributed by atoms with Gasteiger partial charge in [-0.1, -0.05) is 41.9 Å². The number of aromatic nitrogens is 4. The largest absolute Gasteiger partial charge is 0.343 e. The van der Waals surface area contributed by atoms with Crippen LogP contribution in [0.1, 0.15) is 5.56 Å². The predicted octanol–water partition coefficient (Wildman–Crippen LogP) is 5.85. The number of rotatable bonds is 4. The molecule has 0 radical (unpaired) electrons. The molecular weight excluding hydrogens is 405 g/mol. The second kappa shape index (κ2) is 8.07. The molecule has 144 valence electrons. The zero-order chi connectivity index (χ0) is 18.9. The Morgan fingerprint density at radius 2 is 1.79 bits per heavy atom. The molecule has 3 heterocycles. The molecule has 0 spiro atoms. The van der Waals surface area contributed by atoms with Gasteiger partial charge in [0.2, 0.25) is 0 Å². The molecule has 0 unspecified atom stereocenters. The van der Waals surface area contributed by atoms with Gasteiger partial charge in [0.1, 0.15) is 17.3 Å². The van der Waals surface area contributed by atoms with E-state index < -0.39 is 0 Å². The normalized spacial score (nSPS) is 10.8. The lowest BCUT2D eigenvalue weighted by Crippen LogP contribution is -1.98. The molecule has 0 atom stereocenters. The van der Waals surface area contributed by atoms with Crippen LogP contribution in [0.15, 0.2) is 79.4 Å². The van der Waals surface area contributed by atoms with Crippen molar-refractivity contribution in [3.63, 3.8) is 0 Å². The zero-order valence-corrected chi connectivity index (χ0v) is 16.9. The van der Waals surface area contributed by atoms with Gasteiger partial charge in [-0.2, -0.15) is 0 Å². The molecule has 29 heavy (non-hydrogen) atoms. The van der Waals surface area contributed by atoms with Crippen molar-refractivity contribution < 1.29 is 0 Å². The minimum atomic E-state index is 0. The van der Waals surface area contributed by atoms with Gasteiger partial charge in [0, 0.05) is 34.7 Å². The summed E-state index contributed by atoms with van der Waals surface area (Å²) in [6.45, 7) is 0.846. The SMILES string of the molecule is Cl.Clc1cc2c(Nc3ccc4c(ccn4Cc4ccccc4)c3)ncnc2cn1. The van der Waals surface area contributed by atoms with E-state index >= 15 is 0 Å². The van der Waals surface area contributed by atoms with E-state index in [0.29, 0.717) is 11.0 Å². The van der Waals surface area contributed by atoms with E-state index in [9.17, 15) is 0 Å². The summed E-state index contributed by atoms with van der Waals surface area (Å²) in [7, 11) is 0. The molecule has 0 saturated heterocycles. The first kappa shape index (κ1) is 19.2. The maximum Gasteiger partial charge on any atom is 0.141 e. The van der Waals surface area contributed by atoms with Gasteiger partial charge >= 0.3 is 0 Å². The monoisotopic (exact) mass is 421 g/mol. The fourth-order valence-electron chi connectivity index (χ4n) is 3.37. The average Bonchev–Trinajstić information content (AvgIpc) is 3.11. The molecule has 2 aromatic carbocycles. The number of benzene rings is 2. The lowest BCUT2D eigenvalue weighted by Gasteiger charge is -2.10. The summed E-state index contributed by atoms with van der Waals surface area (Å²) in [5.74, 6) is 0.706. The molecule has 0 aliphatic heterocycles. The van der Waals surface area contributed by atoms with Crippen molar-refractivity contribution in [1.82, 2.24) is 19.5 Å². The van der Waals surface area contributed by atoms with Gasteiger partial charge in [-0.25, -0.2) is 15.0 Å². The van der Waals surface area contributed by atoms with Crippen molar-refractivity contribution in [2.45, 2.75) is 6.54 Å². The van der Waals surface area contributed by atoms with Gasteiger partial charge in [0.25, 0.3) is 0 Å². The molecule has 1 N–H and O–H groups in total. The number of nitrogens with zero attached hydrogens (tertiary/aromatic N) is 4. The Morgan fingerprint density at radius 3 is 2.66 bits per heavy atom. The van der Waals surface area contributed by atoms with Crippen LogP contribution >= 0.6 is 24.0 Å². The van der Waals surface area contributed by atoms with E-state index in [1.54, 1.807) is 12.3 Å². The van der Waals surface area contributed by atoms with Crippen LogP contribution < -0.4 is 5.32 Å². The summed E-state index contributed by atoms with van der Waals surface area (Å²) < 4.78 is 2.25. The van der Waals surface area contributed by atoms with Crippen LogP contribution in [0.4, 0.5) is 11.5 Å². The summed E-state index contributed by atoms with van der Waals surface area (Å²) in [4.78, 5) is 12.7. The highest BCUT2D eigenvalue weighted by molar-refractivity contribution is 6.30. The number of nitrogens with one attached hydrogen (secondary N) is 1. The highest BCUT2D eigenvalue weighted by Gasteiger charge is 2.08. The fourth-order valence-corrected chi connectivity index (χ4v) is 3.52. The summed E-state index contributed by atoms with van der Waals surface area (Å²) in [6.07, 6.45) is 5.29. The molecule has 0 bridgehead atoms. The quantitative estimate of drug-likeness (QED) is 0.370. The molecule has 5 aromatic rings. The lowest BCUT2D eigenvalue weighted by atomic mass is 10.2. The van der Waals surface area contributed by atoms with Gasteiger partial charge in [-0.3, -0.25) is 0 Å². The second-order valence-electron chi connectivity index (χ2n) is 6.57. The van der Waals surface area contributed by atoms with Gasteiger partial charge in [0.15, 0.2) is 0 Å². The van der Waals surface area contributed by atoms with Crippen LogP contribution in [0.3, 0.4) is 0 Å². The maximum atomic E-state index is 6.04. The number of halogens is 2. The average molecular weight is 422 g/mol. The molecule has 7 heteroatoms. The third-order valence-corrected chi connectivity index (χ3v) is 4.92. The Labute approximate surface area is 178 Å². The van der Waals surface area contributed by atoms with Gasteiger partial charge in [-0.15, -0.1) is 12.4 Å². The van der Waals surface area contributed by atoms with Crippen molar-refractivity contribution >= 4 is 57.3 Å². The van der Waals surface area contributed by atoms with Crippen LogP contribution in [0, 0.1) is 0 Å². The number of hydrogen-bond acceptors (Lipinski definition) is 4. The van der Waals surface area contributed by atoms with Crippen LogP contribution in [0.2, 0.25) is 5.15 Å². The molecule has 0 aliphatic rings. The summed E-state index contributed by atoms with van der Waals surface area (Å²) in [5, 5.41) is 5.80. The Bertz CT molecular complexity index is 1280. The molecule has 5 nitrogen and oxygen atoms in total. The molecular formula is C22H17Cl2N5. The summed E-state index contributed by atoms with van der Waals surface area (Å²) in [6, 6.07) is 20.6. The first-order valence-corrected chi connectivity index (χ1v) is 9.30. The van der Waals surface area contributed by atoms with Gasteiger partial charge in [0.05, 0.1) is 11.7 Å². The first-order chi connectivity index (χ1) is 13.8. The number of fused-ring (bicyclic) bond motifs is 2. The third-order valence-electron chi connectivity index (χ3n) is 4.72. The fraction of sp³-hybridized carbons (Fsp3) is 0.0455. The Balaban J connectivity index is 0.00000205. The Morgan fingerprint density at radius 1 is 0.931 bits per heavy atom. The second-order valence-corrected chi connectivity index (χ2v) is 6.96. The first-order valence-electron chi connectivity index (χ1n) is 8.92. The minimum absolute atomic E-state index is 0. The van der Waals surface area contributed by atoms with Crippen LogP contribution in [0.5, 0.6) is 0 Å². The van der Waals surface area contributed by atoms with E-state index in [4.69, 9.17) is 11.6 Å². The molecule has 0 fully saturated rings. The maximum absolute atomic E-state index is 6.04. The van der Waals surface area contributed by atoms with Gasteiger partial charge < -0.3 is 9.88 Å². The molecule has 5 rings (SSSR count). The van der Waals surface area contributed by atoms with E-state index in [1.165, 1.54) is 22.8 Å². The predicted molar refractivity (Wildman–Crippen MR) is 120 cm³/mol. The lowest BCUT2D eigenvalue weighted by molar-refractivity contribution is 0.837. The molecule has 0 amide bonds. The van der Waals surface area contributed by atoms with Crippen molar-refractivity contribution in [2.75, 3.05) is 5.32 Å². The number of hydrogen-bond donors (Lipinski definition) is 1. The minimum Gasteiger partial charge on any atom is -0.343 e.